The van der Waals surface area contributed by atoms with Gasteiger partial charge in [0.05, 0.1) is 4.92 Å². The van der Waals surface area contributed by atoms with Gasteiger partial charge >= 0.3 is 5.97 Å². The average molecular weight is 315 g/mol. The van der Waals surface area contributed by atoms with Crippen LogP contribution in [0.1, 0.15) is 0 Å². The zero-order valence-corrected chi connectivity index (χ0v) is 11.0. The summed E-state index contributed by atoms with van der Waals surface area (Å²) in [7, 11) is 0. The molecule has 1 aliphatic rings. The lowest BCUT2D eigenvalue weighted by atomic mass is 9.99. The summed E-state index contributed by atoms with van der Waals surface area (Å²) in [5.74, 6) is -1.47. The molecule has 10 heteroatoms. The van der Waals surface area contributed by atoms with Crippen LogP contribution in [0.4, 0.5) is 5.69 Å². The molecule has 22 heavy (non-hydrogen) atoms. The Morgan fingerprint density at radius 1 is 1.14 bits per heavy atom. The van der Waals surface area contributed by atoms with Crippen LogP contribution in [-0.4, -0.2) is 62.0 Å². The molecule has 0 saturated carbocycles. The fourth-order valence-corrected chi connectivity index (χ4v) is 1.93. The molecule has 0 radical (unpaired) electrons. The molecule has 0 aliphatic carbocycles. The number of hydrogen-bond acceptors (Lipinski definition) is 8. The molecule has 1 fully saturated rings. The van der Waals surface area contributed by atoms with E-state index in [0.29, 0.717) is 0 Å². The minimum atomic E-state index is -1.82. The van der Waals surface area contributed by atoms with E-state index in [1.54, 1.807) is 0 Å². The summed E-state index contributed by atoms with van der Waals surface area (Å²) in [6.45, 7) is 0. The number of nitro benzene ring substituents is 1. The van der Waals surface area contributed by atoms with Crippen LogP contribution in [0.5, 0.6) is 5.75 Å². The largest absolute Gasteiger partial charge is 0.479 e. The monoisotopic (exact) mass is 315 g/mol. The predicted molar refractivity (Wildman–Crippen MR) is 68.0 cm³/mol. The Hall–Kier alpha value is -2.27. The first kappa shape index (κ1) is 16.1. The van der Waals surface area contributed by atoms with Crippen molar-refractivity contribution in [1.29, 1.82) is 0 Å². The van der Waals surface area contributed by atoms with E-state index in [-0.39, 0.29) is 11.4 Å². The Morgan fingerprint density at radius 3 is 2.23 bits per heavy atom. The lowest BCUT2D eigenvalue weighted by Crippen LogP contribution is -2.61. The topological polar surface area (TPSA) is 160 Å². The van der Waals surface area contributed by atoms with Gasteiger partial charge in [-0.05, 0) is 12.1 Å². The van der Waals surface area contributed by atoms with Crippen LogP contribution >= 0.6 is 0 Å². The molecule has 5 atom stereocenters. The van der Waals surface area contributed by atoms with Gasteiger partial charge in [0.2, 0.25) is 6.29 Å². The molecule has 2 rings (SSSR count). The van der Waals surface area contributed by atoms with E-state index in [9.17, 15) is 30.2 Å². The Bertz CT molecular complexity index is 560. The number of carboxylic acid groups (broad SMARTS) is 1. The van der Waals surface area contributed by atoms with E-state index in [2.05, 4.69) is 0 Å². The first-order valence-corrected chi connectivity index (χ1v) is 6.15. The van der Waals surface area contributed by atoms with Crippen molar-refractivity contribution in [2.45, 2.75) is 30.7 Å². The van der Waals surface area contributed by atoms with Gasteiger partial charge in [0.1, 0.15) is 24.1 Å². The third kappa shape index (κ3) is 3.14. The number of rotatable bonds is 4. The van der Waals surface area contributed by atoms with Gasteiger partial charge in [-0.15, -0.1) is 0 Å². The quantitative estimate of drug-likeness (QED) is 0.398. The third-order valence-corrected chi connectivity index (χ3v) is 3.11. The number of carboxylic acids is 1. The van der Waals surface area contributed by atoms with Crippen LogP contribution in [-0.2, 0) is 9.53 Å². The van der Waals surface area contributed by atoms with Crippen molar-refractivity contribution in [3.05, 3.63) is 34.4 Å². The van der Waals surface area contributed by atoms with Crippen molar-refractivity contribution < 1.29 is 39.6 Å². The van der Waals surface area contributed by atoms with E-state index >= 15 is 0 Å². The smallest absolute Gasteiger partial charge is 0.335 e. The summed E-state index contributed by atoms with van der Waals surface area (Å²) in [5, 5.41) is 48.3. The maximum absolute atomic E-state index is 10.9. The van der Waals surface area contributed by atoms with Gasteiger partial charge in [-0.2, -0.15) is 0 Å². The Kier molecular flexibility index (Phi) is 4.56. The average Bonchev–Trinajstić information content (AvgIpc) is 2.48. The minimum Gasteiger partial charge on any atom is -0.479 e. The highest BCUT2D eigenvalue weighted by Crippen LogP contribution is 2.25. The lowest BCUT2D eigenvalue weighted by molar-refractivity contribution is -0.384. The van der Waals surface area contributed by atoms with Gasteiger partial charge in [-0.1, -0.05) is 0 Å². The molecule has 1 heterocycles. The number of aliphatic carboxylic acids is 1. The second kappa shape index (κ2) is 6.23. The predicted octanol–water partition coefficient (Wildman–Crippen LogP) is -1.13. The van der Waals surface area contributed by atoms with Crippen LogP contribution in [0, 0.1) is 10.1 Å². The van der Waals surface area contributed by atoms with Crippen molar-refractivity contribution in [2.24, 2.45) is 0 Å². The standard InChI is InChI=1S/C12H13NO9/c14-7-8(15)10(11(17)18)22-12(9(7)16)21-6-3-1-5(2-4-6)13(19)20/h1-4,7-10,12,14-16H,(H,17,18)/t7-,8-,9+,10-,12?/m0/s1. The molecule has 1 aromatic carbocycles. The second-order valence-corrected chi connectivity index (χ2v) is 4.60. The molecule has 0 amide bonds. The van der Waals surface area contributed by atoms with Gasteiger partial charge in [0.25, 0.3) is 5.69 Å². The zero-order valence-electron chi connectivity index (χ0n) is 11.0. The highest BCUT2D eigenvalue weighted by Gasteiger charge is 2.48. The van der Waals surface area contributed by atoms with Gasteiger partial charge in [0.15, 0.2) is 6.10 Å². The summed E-state index contributed by atoms with van der Waals surface area (Å²) in [6, 6.07) is 4.73. The number of nitrogens with zero attached hydrogens (tertiary/aromatic N) is 1. The summed E-state index contributed by atoms with van der Waals surface area (Å²) in [4.78, 5) is 20.8. The first-order chi connectivity index (χ1) is 10.3. The van der Waals surface area contributed by atoms with Gasteiger partial charge in [-0.25, -0.2) is 4.79 Å². The van der Waals surface area contributed by atoms with Gasteiger partial charge < -0.3 is 29.9 Å². The highest BCUT2D eigenvalue weighted by molar-refractivity contribution is 5.73. The summed E-state index contributed by atoms with van der Waals surface area (Å²) in [6.07, 6.45) is -8.62. The number of aliphatic hydroxyl groups is 3. The molecular formula is C12H13NO9. The summed E-state index contributed by atoms with van der Waals surface area (Å²) in [5.41, 5.74) is -0.184. The number of carbonyl (C=O) groups is 1. The molecule has 1 saturated heterocycles. The van der Waals surface area contributed by atoms with E-state index < -0.39 is 41.6 Å². The van der Waals surface area contributed by atoms with Crippen molar-refractivity contribution in [3.63, 3.8) is 0 Å². The summed E-state index contributed by atoms with van der Waals surface area (Å²) >= 11 is 0. The molecule has 1 aliphatic heterocycles. The van der Waals surface area contributed by atoms with Crippen molar-refractivity contribution in [3.8, 4) is 5.75 Å². The molecule has 4 N–H and O–H groups in total. The van der Waals surface area contributed by atoms with E-state index in [0.717, 1.165) is 12.1 Å². The zero-order chi connectivity index (χ0) is 16.4. The van der Waals surface area contributed by atoms with Crippen LogP contribution in [0.15, 0.2) is 24.3 Å². The van der Waals surface area contributed by atoms with Crippen LogP contribution in [0.2, 0.25) is 0 Å². The molecule has 1 aromatic rings. The summed E-state index contributed by atoms with van der Waals surface area (Å²) < 4.78 is 10.1. The fourth-order valence-electron chi connectivity index (χ4n) is 1.93. The van der Waals surface area contributed by atoms with E-state index in [1.165, 1.54) is 12.1 Å². The molecule has 10 nitrogen and oxygen atoms in total. The fraction of sp³-hybridized carbons (Fsp3) is 0.417. The number of aliphatic hydroxyl groups excluding tert-OH is 3. The van der Waals surface area contributed by atoms with Crippen molar-refractivity contribution in [1.82, 2.24) is 0 Å². The minimum absolute atomic E-state index is 0.0578. The Labute approximate surface area is 123 Å². The molecule has 0 aromatic heterocycles. The molecule has 0 bridgehead atoms. The normalized spacial score (nSPS) is 31.5. The van der Waals surface area contributed by atoms with E-state index in [4.69, 9.17) is 14.6 Å². The maximum atomic E-state index is 10.9. The molecular weight excluding hydrogens is 302 g/mol. The molecule has 120 valence electrons. The number of nitro groups is 1. The number of hydrogen-bond donors (Lipinski definition) is 4. The van der Waals surface area contributed by atoms with Gasteiger partial charge in [0, 0.05) is 12.1 Å². The number of ether oxygens (including phenoxy) is 2. The van der Waals surface area contributed by atoms with Crippen LogP contribution < -0.4 is 4.74 Å². The SMILES string of the molecule is O=C(O)[C@H]1OC(Oc2ccc([N+](=O)[O-])cc2)[C@H](O)[C@@H](O)[C@@H]1O. The first-order valence-electron chi connectivity index (χ1n) is 6.15. The third-order valence-electron chi connectivity index (χ3n) is 3.11. The Balaban J connectivity index is 2.13. The highest BCUT2D eigenvalue weighted by atomic mass is 16.7. The van der Waals surface area contributed by atoms with Crippen LogP contribution in [0.3, 0.4) is 0 Å². The second-order valence-electron chi connectivity index (χ2n) is 4.60. The van der Waals surface area contributed by atoms with Crippen molar-refractivity contribution >= 4 is 11.7 Å². The molecule has 0 spiro atoms. The maximum Gasteiger partial charge on any atom is 0.335 e. The Morgan fingerprint density at radius 2 is 1.73 bits per heavy atom. The van der Waals surface area contributed by atoms with E-state index in [1.807, 2.05) is 0 Å². The number of non-ortho nitro benzene ring substituents is 1. The number of benzene rings is 1. The molecule has 1 unspecified atom stereocenters. The van der Waals surface area contributed by atoms with Crippen LogP contribution in [0.25, 0.3) is 0 Å². The lowest BCUT2D eigenvalue weighted by Gasteiger charge is -2.38. The van der Waals surface area contributed by atoms with Crippen molar-refractivity contribution in [2.75, 3.05) is 0 Å². The van der Waals surface area contributed by atoms with Gasteiger partial charge in [-0.3, -0.25) is 10.1 Å².